The highest BCUT2D eigenvalue weighted by Gasteiger charge is 2.55. The van der Waals surface area contributed by atoms with Crippen LogP contribution in [0.1, 0.15) is 13.8 Å². The maximum atomic E-state index is 12.4. The fourth-order valence-electron chi connectivity index (χ4n) is 3.01. The van der Waals surface area contributed by atoms with Crippen molar-refractivity contribution in [1.29, 1.82) is 0 Å². The predicted molar refractivity (Wildman–Crippen MR) is 92.8 cm³/mol. The van der Waals surface area contributed by atoms with Gasteiger partial charge in [-0.25, -0.2) is 0 Å². The second kappa shape index (κ2) is 7.44. The van der Waals surface area contributed by atoms with E-state index in [1.807, 2.05) is 0 Å². The third kappa shape index (κ3) is 4.12. The molecule has 0 spiro atoms. The molecule has 1 aromatic rings. The van der Waals surface area contributed by atoms with E-state index in [0.29, 0.717) is 0 Å². The minimum Gasteiger partial charge on any atom is -0.385 e. The van der Waals surface area contributed by atoms with Crippen LogP contribution in [0, 0.1) is 0 Å². The van der Waals surface area contributed by atoms with Crippen LogP contribution in [-0.4, -0.2) is 63.7 Å². The van der Waals surface area contributed by atoms with Crippen LogP contribution in [0.4, 0.5) is 0 Å². The van der Waals surface area contributed by atoms with E-state index in [4.69, 9.17) is 23.1 Å². The minimum absolute atomic E-state index is 0.0281. The number of benzene rings is 1. The Bertz CT molecular complexity index is 735. The average molecular weight is 453 g/mol. The molecule has 1 aromatic carbocycles. The van der Waals surface area contributed by atoms with Gasteiger partial charge in [0.05, 0.1) is 11.5 Å². The summed E-state index contributed by atoms with van der Waals surface area (Å²) in [5.74, 6) is -0.939. The van der Waals surface area contributed by atoms with E-state index in [0.717, 1.165) is 4.47 Å². The fraction of sp³-hybridized carbons (Fsp3) is 0.625. The van der Waals surface area contributed by atoms with Crippen molar-refractivity contribution in [3.63, 3.8) is 0 Å². The van der Waals surface area contributed by atoms with Gasteiger partial charge in [-0.1, -0.05) is 15.9 Å². The first kappa shape index (κ1) is 20.2. The summed E-state index contributed by atoms with van der Waals surface area (Å²) in [6.45, 7) is 3.11. The summed E-state index contributed by atoms with van der Waals surface area (Å²) in [5, 5.41) is 10.3. The van der Waals surface area contributed by atoms with E-state index < -0.39 is 46.6 Å². The lowest BCUT2D eigenvalue weighted by molar-refractivity contribution is -0.272. The van der Waals surface area contributed by atoms with Gasteiger partial charge in [-0.3, -0.25) is 4.18 Å². The summed E-state index contributed by atoms with van der Waals surface area (Å²) >= 11 is 3.25. The van der Waals surface area contributed by atoms with Gasteiger partial charge >= 0.3 is 0 Å². The molecule has 0 bridgehead atoms. The SMILES string of the molecule is CO[C@H]1O[C@@H](COS(=O)(=O)c2ccc(Br)cc2)[C@H]2OC(C)(C)O[C@@H]2[C@@H]1O. The lowest BCUT2D eigenvalue weighted by Crippen LogP contribution is -2.58. The zero-order valence-electron chi connectivity index (χ0n) is 14.5. The second-order valence-electron chi connectivity index (χ2n) is 6.53. The third-order valence-corrected chi connectivity index (χ3v) is 6.00. The molecular formula is C16H21BrO8S. The molecule has 3 rings (SSSR count). The molecule has 2 aliphatic rings. The third-order valence-electron chi connectivity index (χ3n) is 4.18. The molecule has 0 aliphatic carbocycles. The van der Waals surface area contributed by atoms with Gasteiger partial charge in [-0.15, -0.1) is 0 Å². The summed E-state index contributed by atoms with van der Waals surface area (Å²) in [6, 6.07) is 6.09. The minimum atomic E-state index is -3.97. The van der Waals surface area contributed by atoms with Gasteiger partial charge in [0.2, 0.25) is 0 Å². The largest absolute Gasteiger partial charge is 0.385 e. The summed E-state index contributed by atoms with van der Waals surface area (Å²) in [7, 11) is -2.59. The Hall–Kier alpha value is -0.590. The van der Waals surface area contributed by atoms with E-state index in [9.17, 15) is 13.5 Å². The highest BCUT2D eigenvalue weighted by Crippen LogP contribution is 2.38. The number of rotatable bonds is 5. The first-order valence-electron chi connectivity index (χ1n) is 8.00. The molecule has 0 radical (unpaired) electrons. The van der Waals surface area contributed by atoms with Crippen molar-refractivity contribution in [3.05, 3.63) is 28.7 Å². The van der Waals surface area contributed by atoms with Crippen LogP contribution in [0.2, 0.25) is 0 Å². The van der Waals surface area contributed by atoms with E-state index in [1.54, 1.807) is 26.0 Å². The molecule has 2 aliphatic heterocycles. The van der Waals surface area contributed by atoms with Crippen molar-refractivity contribution in [2.24, 2.45) is 0 Å². The van der Waals surface area contributed by atoms with Gasteiger partial charge in [-0.2, -0.15) is 8.42 Å². The van der Waals surface area contributed by atoms with Gasteiger partial charge in [0, 0.05) is 11.6 Å². The molecule has 10 heteroatoms. The van der Waals surface area contributed by atoms with Crippen molar-refractivity contribution in [1.82, 2.24) is 0 Å². The van der Waals surface area contributed by atoms with E-state index in [1.165, 1.54) is 19.2 Å². The first-order valence-corrected chi connectivity index (χ1v) is 10.2. The normalized spacial score (nSPS) is 33.8. The Balaban J connectivity index is 1.74. The molecule has 0 saturated carbocycles. The average Bonchev–Trinajstić information content (AvgIpc) is 2.91. The maximum Gasteiger partial charge on any atom is 0.297 e. The molecule has 2 heterocycles. The van der Waals surface area contributed by atoms with Crippen LogP contribution in [0.25, 0.3) is 0 Å². The van der Waals surface area contributed by atoms with Crippen LogP contribution in [0.15, 0.2) is 33.6 Å². The standard InChI is InChI=1S/C16H21BrO8S/c1-16(2)24-13-11(23-15(21-3)12(18)14(13)25-16)8-22-26(19,20)10-6-4-9(17)5-7-10/h4-7,11-15,18H,8H2,1-3H3/t11-,12-,13+,14+,15-/m0/s1. The number of hydrogen-bond donors (Lipinski definition) is 1. The monoisotopic (exact) mass is 452 g/mol. The van der Waals surface area contributed by atoms with Crippen molar-refractivity contribution in [3.8, 4) is 0 Å². The van der Waals surface area contributed by atoms with E-state index in [-0.39, 0.29) is 11.5 Å². The number of methoxy groups -OCH3 is 1. The van der Waals surface area contributed by atoms with Crippen LogP contribution < -0.4 is 0 Å². The Kier molecular flexibility index (Phi) is 5.76. The highest BCUT2D eigenvalue weighted by atomic mass is 79.9. The molecule has 26 heavy (non-hydrogen) atoms. The van der Waals surface area contributed by atoms with Crippen molar-refractivity contribution in [2.45, 2.75) is 55.2 Å². The lowest BCUT2D eigenvalue weighted by Gasteiger charge is -2.38. The van der Waals surface area contributed by atoms with Crippen molar-refractivity contribution >= 4 is 26.0 Å². The van der Waals surface area contributed by atoms with Gasteiger partial charge in [0.1, 0.15) is 24.4 Å². The fourth-order valence-corrected chi connectivity index (χ4v) is 4.19. The number of fused-ring (bicyclic) bond motifs is 1. The first-order chi connectivity index (χ1) is 12.1. The van der Waals surface area contributed by atoms with Crippen molar-refractivity contribution in [2.75, 3.05) is 13.7 Å². The Morgan fingerprint density at radius 3 is 2.42 bits per heavy atom. The smallest absolute Gasteiger partial charge is 0.297 e. The molecule has 8 nitrogen and oxygen atoms in total. The second-order valence-corrected chi connectivity index (χ2v) is 9.06. The molecule has 2 saturated heterocycles. The number of aliphatic hydroxyl groups excluding tert-OH is 1. The van der Waals surface area contributed by atoms with Gasteiger partial charge < -0.3 is 24.1 Å². The molecule has 0 unspecified atom stereocenters. The number of hydrogen-bond acceptors (Lipinski definition) is 8. The van der Waals surface area contributed by atoms with E-state index >= 15 is 0 Å². The number of aliphatic hydroxyl groups is 1. The molecule has 1 N–H and O–H groups in total. The predicted octanol–water partition coefficient (Wildman–Crippen LogP) is 1.41. The van der Waals surface area contributed by atoms with Crippen molar-refractivity contribution < 1.29 is 36.7 Å². The number of halogens is 1. The molecule has 5 atom stereocenters. The summed E-state index contributed by atoms with van der Waals surface area (Å²) < 4.78 is 52.9. The van der Waals surface area contributed by atoms with Crippen LogP contribution >= 0.6 is 15.9 Å². The van der Waals surface area contributed by atoms with Gasteiger partial charge in [0.25, 0.3) is 10.1 Å². The summed E-state index contributed by atoms with van der Waals surface area (Å²) in [4.78, 5) is 0.0281. The molecule has 0 aromatic heterocycles. The molecule has 0 amide bonds. The molecule has 2 fully saturated rings. The number of ether oxygens (including phenoxy) is 4. The van der Waals surface area contributed by atoms with Crippen LogP contribution in [0.5, 0.6) is 0 Å². The summed E-state index contributed by atoms with van der Waals surface area (Å²) in [5.41, 5.74) is 0. The van der Waals surface area contributed by atoms with Crippen LogP contribution in [-0.2, 0) is 33.2 Å². The topological polar surface area (TPSA) is 101 Å². The Morgan fingerprint density at radius 1 is 1.19 bits per heavy atom. The van der Waals surface area contributed by atoms with Gasteiger partial charge in [0.15, 0.2) is 12.1 Å². The Labute approximate surface area is 160 Å². The Morgan fingerprint density at radius 2 is 1.81 bits per heavy atom. The zero-order chi connectivity index (χ0) is 19.1. The quantitative estimate of drug-likeness (QED) is 0.669. The van der Waals surface area contributed by atoms with E-state index in [2.05, 4.69) is 15.9 Å². The summed E-state index contributed by atoms with van der Waals surface area (Å²) in [6.07, 6.45) is -4.23. The maximum absolute atomic E-state index is 12.4. The molecule has 146 valence electrons. The van der Waals surface area contributed by atoms with Crippen LogP contribution in [0.3, 0.4) is 0 Å². The zero-order valence-corrected chi connectivity index (χ0v) is 16.9. The highest BCUT2D eigenvalue weighted by molar-refractivity contribution is 9.10. The molecular weight excluding hydrogens is 432 g/mol. The van der Waals surface area contributed by atoms with Gasteiger partial charge in [-0.05, 0) is 38.1 Å². The lowest BCUT2D eigenvalue weighted by atomic mass is 9.99.